The maximum Gasteiger partial charge on any atom is 0.318 e. The van der Waals surface area contributed by atoms with Crippen LogP contribution in [0.2, 0.25) is 5.02 Å². The zero-order valence-corrected chi connectivity index (χ0v) is 32.3. The Morgan fingerprint density at radius 1 is 1.19 bits per heavy atom. The van der Waals surface area contributed by atoms with Crippen LogP contribution < -0.4 is 9.64 Å². The Balaban J connectivity index is 0.000000328. The number of methoxy groups -OCH3 is 1. The molecule has 7 nitrogen and oxygen atoms in total. The van der Waals surface area contributed by atoms with Crippen LogP contribution >= 0.6 is 11.6 Å². The SMILES string of the molecule is C=Cc1c(C)cc(Cl)c(C2(F)CC2)c1CC1=C(/C=C\N=C)c2c(N3CCOCC(C)C3)nc(OC)nc2C12CC2.CC.F/C=C1/CC2CCCN2C1. The van der Waals surface area contributed by atoms with Crippen molar-refractivity contribution in [3.05, 3.63) is 80.9 Å². The van der Waals surface area contributed by atoms with Gasteiger partial charge < -0.3 is 14.4 Å². The third kappa shape index (κ3) is 7.25. The van der Waals surface area contributed by atoms with Gasteiger partial charge in [0, 0.05) is 53.4 Å². The fourth-order valence-corrected chi connectivity index (χ4v) is 9.14. The van der Waals surface area contributed by atoms with Gasteiger partial charge in [0.15, 0.2) is 0 Å². The smallest absolute Gasteiger partial charge is 0.318 e. The lowest BCUT2D eigenvalue weighted by molar-refractivity contribution is 0.129. The van der Waals surface area contributed by atoms with Gasteiger partial charge in [-0.15, -0.1) is 0 Å². The van der Waals surface area contributed by atoms with Crippen LogP contribution in [0.5, 0.6) is 6.01 Å². The molecular formula is C42H54ClF2N5O2. The number of aromatic nitrogens is 2. The summed E-state index contributed by atoms with van der Waals surface area (Å²) < 4.78 is 39.4. The molecule has 52 heavy (non-hydrogen) atoms. The van der Waals surface area contributed by atoms with Gasteiger partial charge in [-0.25, -0.2) is 8.78 Å². The molecule has 3 aliphatic heterocycles. The molecular weight excluding hydrogens is 680 g/mol. The minimum absolute atomic E-state index is 0.270. The van der Waals surface area contributed by atoms with Crippen LogP contribution in [0, 0.1) is 12.8 Å². The number of anilines is 1. The minimum atomic E-state index is -1.39. The summed E-state index contributed by atoms with van der Waals surface area (Å²) in [6, 6.07) is 2.92. The molecule has 3 aliphatic carbocycles. The van der Waals surface area contributed by atoms with Crippen LogP contribution in [0.3, 0.4) is 0 Å². The van der Waals surface area contributed by atoms with Crippen molar-refractivity contribution in [2.24, 2.45) is 10.9 Å². The van der Waals surface area contributed by atoms with E-state index in [1.165, 1.54) is 25.0 Å². The number of alkyl halides is 1. The van der Waals surface area contributed by atoms with Crippen LogP contribution in [-0.2, 0) is 22.2 Å². The van der Waals surface area contributed by atoms with Crippen LogP contribution in [0.15, 0.2) is 47.4 Å². The van der Waals surface area contributed by atoms with E-state index in [4.69, 9.17) is 31.0 Å². The summed E-state index contributed by atoms with van der Waals surface area (Å²) in [6.07, 6.45) is 13.3. The number of benzene rings is 1. The second-order valence-corrected chi connectivity index (χ2v) is 15.3. The maximum atomic E-state index is 15.9. The summed E-state index contributed by atoms with van der Waals surface area (Å²) in [5.41, 5.74) is 7.01. The number of aryl methyl sites for hydroxylation is 1. The molecule has 6 aliphatic rings. The Morgan fingerprint density at radius 2 is 1.96 bits per heavy atom. The molecule has 280 valence electrons. The van der Waals surface area contributed by atoms with Crippen LogP contribution in [0.4, 0.5) is 14.6 Å². The average Bonchev–Trinajstić information content (AvgIpc) is 4.00. The number of halogens is 3. The number of hydrogen-bond acceptors (Lipinski definition) is 7. The first-order chi connectivity index (χ1) is 25.2. The number of aliphatic imine (C=N–C) groups is 1. The Hall–Kier alpha value is -3.40. The van der Waals surface area contributed by atoms with E-state index in [1.54, 1.807) is 13.3 Å². The van der Waals surface area contributed by atoms with E-state index in [0.29, 0.717) is 61.0 Å². The van der Waals surface area contributed by atoms with Crippen molar-refractivity contribution in [1.82, 2.24) is 14.9 Å². The number of fused-ring (bicyclic) bond motifs is 3. The number of ether oxygens (including phenoxy) is 2. The molecule has 0 bridgehead atoms. The van der Waals surface area contributed by atoms with E-state index in [-0.39, 0.29) is 5.41 Å². The highest BCUT2D eigenvalue weighted by Gasteiger charge is 2.57. The quantitative estimate of drug-likeness (QED) is 0.252. The minimum Gasteiger partial charge on any atom is -0.467 e. The van der Waals surface area contributed by atoms with E-state index in [1.807, 2.05) is 39.0 Å². The molecule has 1 aromatic heterocycles. The molecule has 4 heterocycles. The molecule has 10 heteroatoms. The summed E-state index contributed by atoms with van der Waals surface area (Å²) in [5, 5.41) is 0.490. The van der Waals surface area contributed by atoms with Gasteiger partial charge >= 0.3 is 6.01 Å². The molecule has 2 unspecified atom stereocenters. The Kier molecular flexibility index (Phi) is 11.7. The van der Waals surface area contributed by atoms with Gasteiger partial charge in [-0.1, -0.05) is 45.0 Å². The molecule has 5 fully saturated rings. The molecule has 2 atom stereocenters. The third-order valence-electron chi connectivity index (χ3n) is 11.4. The lowest BCUT2D eigenvalue weighted by atomic mass is 9.83. The highest BCUT2D eigenvalue weighted by molar-refractivity contribution is 6.31. The van der Waals surface area contributed by atoms with Crippen LogP contribution in [0.1, 0.15) is 99.2 Å². The first-order valence-electron chi connectivity index (χ1n) is 19.0. The van der Waals surface area contributed by atoms with Crippen LogP contribution in [-0.4, -0.2) is 74.1 Å². The van der Waals surface area contributed by atoms with E-state index in [9.17, 15) is 4.39 Å². The lowest BCUT2D eigenvalue weighted by Gasteiger charge is -2.26. The topological polar surface area (TPSA) is 63.1 Å². The fraction of sp³-hybridized carbons (Fsp3) is 0.548. The molecule has 2 saturated carbocycles. The summed E-state index contributed by atoms with van der Waals surface area (Å²) in [5.74, 6) is 1.19. The van der Waals surface area contributed by atoms with Gasteiger partial charge in [0.1, 0.15) is 11.5 Å². The van der Waals surface area contributed by atoms with E-state index in [2.05, 4.69) is 35.0 Å². The number of allylic oxidation sites excluding steroid dienone is 3. The second kappa shape index (κ2) is 15.9. The molecule has 0 amide bonds. The van der Waals surface area contributed by atoms with Crippen molar-refractivity contribution in [2.45, 2.75) is 96.2 Å². The van der Waals surface area contributed by atoms with Crippen molar-refractivity contribution in [1.29, 1.82) is 0 Å². The molecule has 0 radical (unpaired) electrons. The second-order valence-electron chi connectivity index (χ2n) is 14.9. The highest BCUT2D eigenvalue weighted by Crippen LogP contribution is 2.64. The van der Waals surface area contributed by atoms with E-state index in [0.717, 1.165) is 90.1 Å². The van der Waals surface area contributed by atoms with Crippen molar-refractivity contribution >= 4 is 35.8 Å². The predicted octanol–water partition coefficient (Wildman–Crippen LogP) is 9.51. The largest absolute Gasteiger partial charge is 0.467 e. The Bertz CT molecular complexity index is 1770. The number of rotatable bonds is 8. The third-order valence-corrected chi connectivity index (χ3v) is 11.7. The zero-order valence-electron chi connectivity index (χ0n) is 31.5. The normalized spacial score (nSPS) is 24.5. The van der Waals surface area contributed by atoms with E-state index < -0.39 is 5.67 Å². The Morgan fingerprint density at radius 3 is 2.60 bits per heavy atom. The molecule has 8 rings (SSSR count). The molecule has 1 aromatic carbocycles. The Labute approximate surface area is 313 Å². The summed E-state index contributed by atoms with van der Waals surface area (Å²) >= 11 is 6.78. The lowest BCUT2D eigenvalue weighted by Crippen LogP contribution is -2.31. The van der Waals surface area contributed by atoms with Gasteiger partial charge in [0.2, 0.25) is 0 Å². The maximum absolute atomic E-state index is 15.9. The molecule has 1 spiro atoms. The molecule has 0 N–H and O–H groups in total. The van der Waals surface area contributed by atoms with E-state index >= 15 is 4.39 Å². The number of nitrogens with zero attached hydrogens (tertiary/aromatic N) is 5. The number of hydrogen-bond donors (Lipinski definition) is 0. The van der Waals surface area contributed by atoms with Gasteiger partial charge in [-0.05, 0) is 123 Å². The summed E-state index contributed by atoms with van der Waals surface area (Å²) in [7, 11) is 1.61. The summed E-state index contributed by atoms with van der Waals surface area (Å²) in [4.78, 5) is 18.6. The zero-order chi connectivity index (χ0) is 37.2. The fourth-order valence-electron chi connectivity index (χ4n) is 8.69. The first-order valence-corrected chi connectivity index (χ1v) is 19.4. The van der Waals surface area contributed by atoms with Crippen molar-refractivity contribution < 1.29 is 18.3 Å². The standard InChI is InChI=1S/C32H36ClFN4O2.C8H12FN.C2H6/c1-6-21-20(3)15-25(33)27(32(34)10-11-32)23(21)16-24-22(7-12-35-4)26-28(31(24)8-9-31)36-30(39-5)37-29(26)38-13-14-40-18-19(2)17-38;9-5-7-4-8-2-1-3-10(8)6-7;1-2/h6-7,12,15,19H,1,4,8-11,13-14,16-18H2,2-3,5H3;5,8H,1-4,6H2;1-2H3/b12-7-;7-5-;. The summed E-state index contributed by atoms with van der Waals surface area (Å²) in [6.45, 7) is 20.9. The predicted molar refractivity (Wildman–Crippen MR) is 209 cm³/mol. The average molecular weight is 734 g/mol. The van der Waals surface area contributed by atoms with Gasteiger partial charge in [-0.3, -0.25) is 9.89 Å². The van der Waals surface area contributed by atoms with Crippen molar-refractivity contribution in [3.8, 4) is 6.01 Å². The van der Waals surface area contributed by atoms with Crippen molar-refractivity contribution in [3.63, 3.8) is 0 Å². The van der Waals surface area contributed by atoms with Crippen LogP contribution in [0.25, 0.3) is 11.6 Å². The van der Waals surface area contributed by atoms with Crippen molar-refractivity contribution in [2.75, 3.05) is 51.4 Å². The molecule has 2 aromatic rings. The van der Waals surface area contributed by atoms with Gasteiger partial charge in [0.05, 0.1) is 32.3 Å². The monoisotopic (exact) mass is 733 g/mol. The first kappa shape index (κ1) is 38.3. The highest BCUT2D eigenvalue weighted by atomic mass is 35.5. The molecule has 3 saturated heterocycles. The van der Waals surface area contributed by atoms with Gasteiger partial charge in [-0.2, -0.15) is 9.97 Å². The van der Waals surface area contributed by atoms with Gasteiger partial charge in [0.25, 0.3) is 0 Å².